The maximum absolute atomic E-state index is 11.8. The van der Waals surface area contributed by atoms with E-state index in [9.17, 15) is 4.79 Å². The first-order chi connectivity index (χ1) is 8.35. The summed E-state index contributed by atoms with van der Waals surface area (Å²) in [4.78, 5) is 11.8. The van der Waals surface area contributed by atoms with E-state index in [0.29, 0.717) is 5.92 Å². The van der Waals surface area contributed by atoms with Gasteiger partial charge in [-0.3, -0.25) is 4.79 Å². The molecule has 0 aromatic carbocycles. The maximum atomic E-state index is 11.8. The molecule has 0 heterocycles. The molecule has 0 bridgehead atoms. The highest BCUT2D eigenvalue weighted by molar-refractivity contribution is 6.69. The molecule has 0 N–H and O–H groups in total. The van der Waals surface area contributed by atoms with Crippen LogP contribution in [0.1, 0.15) is 39.0 Å². The van der Waals surface area contributed by atoms with Crippen LogP contribution in [-0.2, 0) is 14.0 Å². The van der Waals surface area contributed by atoms with Crippen molar-refractivity contribution in [1.29, 1.82) is 0 Å². The molecule has 0 aliphatic heterocycles. The van der Waals surface area contributed by atoms with Gasteiger partial charge in [0.2, 0.25) is 0 Å². The van der Waals surface area contributed by atoms with Crippen molar-refractivity contribution in [1.82, 2.24) is 0 Å². The molecule has 4 heteroatoms. The van der Waals surface area contributed by atoms with E-state index in [-0.39, 0.29) is 18.0 Å². The molecule has 0 saturated heterocycles. The largest absolute Gasteiger partial charge is 0.469 e. The number of carbonyl (C=O) groups excluding carboxylic acids is 1. The predicted molar refractivity (Wildman–Crippen MR) is 76.0 cm³/mol. The van der Waals surface area contributed by atoms with Crippen LogP contribution >= 0.6 is 0 Å². The van der Waals surface area contributed by atoms with E-state index in [0.717, 1.165) is 0 Å². The Morgan fingerprint density at radius 3 is 2.17 bits per heavy atom. The minimum atomic E-state index is -1.63. The van der Waals surface area contributed by atoms with Gasteiger partial charge in [0, 0.05) is 0 Å². The topological polar surface area (TPSA) is 35.5 Å². The zero-order valence-electron chi connectivity index (χ0n) is 12.5. The van der Waals surface area contributed by atoms with Crippen LogP contribution < -0.4 is 0 Å². The summed E-state index contributed by atoms with van der Waals surface area (Å²) in [5.41, 5.74) is 0. The van der Waals surface area contributed by atoms with Gasteiger partial charge in [0.25, 0.3) is 0 Å². The summed E-state index contributed by atoms with van der Waals surface area (Å²) >= 11 is 0. The highest BCUT2D eigenvalue weighted by atomic mass is 28.4. The molecule has 18 heavy (non-hydrogen) atoms. The summed E-state index contributed by atoms with van der Waals surface area (Å²) in [6, 6.07) is 0. The first-order valence-corrected chi connectivity index (χ1v) is 10.5. The molecule has 0 amide bonds. The molecule has 106 valence electrons. The maximum Gasteiger partial charge on any atom is 0.310 e. The average molecular weight is 272 g/mol. The molecule has 0 aromatic heterocycles. The molecule has 3 nitrogen and oxygen atoms in total. The van der Waals surface area contributed by atoms with Gasteiger partial charge in [-0.05, 0) is 45.3 Å². The lowest BCUT2D eigenvalue weighted by atomic mass is 9.81. The third-order valence-electron chi connectivity index (χ3n) is 3.67. The molecule has 0 radical (unpaired) electrons. The van der Waals surface area contributed by atoms with Gasteiger partial charge in [-0.2, -0.15) is 0 Å². The van der Waals surface area contributed by atoms with Crippen LogP contribution in [0.15, 0.2) is 0 Å². The van der Waals surface area contributed by atoms with Crippen molar-refractivity contribution in [2.75, 3.05) is 7.11 Å². The Balaban J connectivity index is 2.76. The van der Waals surface area contributed by atoms with Gasteiger partial charge in [-0.15, -0.1) is 0 Å². The van der Waals surface area contributed by atoms with Crippen LogP contribution in [0.25, 0.3) is 0 Å². The Kier molecular flexibility index (Phi) is 5.85. The fraction of sp³-hybridized carbons (Fsp3) is 0.929. The number of ether oxygens (including phenoxy) is 1. The monoisotopic (exact) mass is 272 g/mol. The molecular weight excluding hydrogens is 244 g/mol. The lowest BCUT2D eigenvalue weighted by Crippen LogP contribution is -2.43. The van der Waals surface area contributed by atoms with Crippen molar-refractivity contribution in [2.45, 2.75) is 64.8 Å². The summed E-state index contributed by atoms with van der Waals surface area (Å²) in [6.45, 7) is 8.51. The molecule has 0 aromatic rings. The summed E-state index contributed by atoms with van der Waals surface area (Å²) < 4.78 is 11.2. The average Bonchev–Trinajstić information content (AvgIpc) is 2.34. The number of hydrogen-bond donors (Lipinski definition) is 0. The Bertz CT molecular complexity index is 267. The third kappa shape index (κ3) is 4.73. The SMILES string of the molecule is COC(=O)[C@@H](C)[C@@H](O[Si](C)(C)C)C1CCCCC1. The van der Waals surface area contributed by atoms with Gasteiger partial charge < -0.3 is 9.16 Å². The van der Waals surface area contributed by atoms with Crippen molar-refractivity contribution in [3.05, 3.63) is 0 Å². The second kappa shape index (κ2) is 6.71. The predicted octanol–water partition coefficient (Wildman–Crippen LogP) is 3.60. The Morgan fingerprint density at radius 1 is 1.17 bits per heavy atom. The van der Waals surface area contributed by atoms with Gasteiger partial charge in [0.1, 0.15) is 0 Å². The van der Waals surface area contributed by atoms with Gasteiger partial charge in [0.05, 0.1) is 19.1 Å². The molecule has 1 aliphatic carbocycles. The molecule has 0 unspecified atom stereocenters. The molecule has 1 fully saturated rings. The van der Waals surface area contributed by atoms with E-state index in [2.05, 4.69) is 19.6 Å². The molecule has 1 saturated carbocycles. The first kappa shape index (κ1) is 15.7. The molecule has 0 spiro atoms. The Labute approximate surface area is 112 Å². The number of methoxy groups -OCH3 is 1. The summed E-state index contributed by atoms with van der Waals surface area (Å²) in [5.74, 6) is 0.244. The van der Waals surface area contributed by atoms with Crippen LogP contribution in [-0.4, -0.2) is 27.5 Å². The Hall–Kier alpha value is -0.353. The van der Waals surface area contributed by atoms with Crippen molar-refractivity contribution in [3.8, 4) is 0 Å². The van der Waals surface area contributed by atoms with Crippen LogP contribution in [0.4, 0.5) is 0 Å². The van der Waals surface area contributed by atoms with Crippen LogP contribution in [0.3, 0.4) is 0 Å². The molecule has 2 atom stereocenters. The van der Waals surface area contributed by atoms with Crippen molar-refractivity contribution < 1.29 is 14.0 Å². The van der Waals surface area contributed by atoms with Crippen molar-refractivity contribution in [2.24, 2.45) is 11.8 Å². The van der Waals surface area contributed by atoms with E-state index >= 15 is 0 Å². The van der Waals surface area contributed by atoms with Gasteiger partial charge in [0.15, 0.2) is 8.32 Å². The highest BCUT2D eigenvalue weighted by Gasteiger charge is 2.36. The van der Waals surface area contributed by atoms with Crippen molar-refractivity contribution in [3.63, 3.8) is 0 Å². The third-order valence-corrected chi connectivity index (χ3v) is 4.65. The van der Waals surface area contributed by atoms with E-state index in [1.165, 1.54) is 39.2 Å². The quantitative estimate of drug-likeness (QED) is 0.566. The number of rotatable bonds is 5. The number of esters is 1. The molecule has 1 rings (SSSR count). The highest BCUT2D eigenvalue weighted by Crippen LogP contribution is 2.33. The van der Waals surface area contributed by atoms with Gasteiger partial charge >= 0.3 is 5.97 Å². The Morgan fingerprint density at radius 2 is 1.72 bits per heavy atom. The fourth-order valence-electron chi connectivity index (χ4n) is 2.80. The van der Waals surface area contributed by atoms with Crippen LogP contribution in [0, 0.1) is 11.8 Å². The fourth-order valence-corrected chi connectivity index (χ4v) is 4.01. The lowest BCUT2D eigenvalue weighted by molar-refractivity contribution is -0.149. The van der Waals surface area contributed by atoms with E-state index in [1.807, 2.05) is 6.92 Å². The summed E-state index contributed by atoms with van der Waals surface area (Å²) in [6.07, 6.45) is 6.29. The summed E-state index contributed by atoms with van der Waals surface area (Å²) in [7, 11) is -0.170. The second-order valence-electron chi connectivity index (χ2n) is 6.40. The standard InChI is InChI=1S/C14H28O3Si/c1-11(14(15)16-2)13(17-18(3,4)5)12-9-7-6-8-10-12/h11-13H,6-10H2,1-5H3/t11-,13+/m0/s1. The molecular formula is C14H28O3Si. The first-order valence-electron chi connectivity index (χ1n) is 7.11. The lowest BCUT2D eigenvalue weighted by Gasteiger charge is -2.37. The molecule has 1 aliphatic rings. The zero-order chi connectivity index (χ0) is 13.8. The second-order valence-corrected chi connectivity index (χ2v) is 10.9. The van der Waals surface area contributed by atoms with Crippen LogP contribution in [0.5, 0.6) is 0 Å². The van der Waals surface area contributed by atoms with Crippen LogP contribution in [0.2, 0.25) is 19.6 Å². The minimum Gasteiger partial charge on any atom is -0.469 e. The summed E-state index contributed by atoms with van der Waals surface area (Å²) in [5, 5.41) is 0. The van der Waals surface area contributed by atoms with E-state index < -0.39 is 8.32 Å². The number of hydrogen-bond acceptors (Lipinski definition) is 3. The smallest absolute Gasteiger partial charge is 0.310 e. The number of carbonyl (C=O) groups is 1. The normalized spacial score (nSPS) is 21.4. The zero-order valence-corrected chi connectivity index (χ0v) is 13.5. The van der Waals surface area contributed by atoms with E-state index in [4.69, 9.17) is 9.16 Å². The minimum absolute atomic E-state index is 0.0458. The van der Waals surface area contributed by atoms with Gasteiger partial charge in [-0.1, -0.05) is 19.3 Å². The van der Waals surface area contributed by atoms with Crippen molar-refractivity contribution >= 4 is 14.3 Å². The van der Waals surface area contributed by atoms with Gasteiger partial charge in [-0.25, -0.2) is 0 Å². The van der Waals surface area contributed by atoms with E-state index in [1.54, 1.807) is 0 Å².